The lowest BCUT2D eigenvalue weighted by Crippen LogP contribution is -2.42. The molecule has 6 heteroatoms. The van der Waals surface area contributed by atoms with Crippen LogP contribution in [-0.2, 0) is 11.3 Å². The van der Waals surface area contributed by atoms with Crippen molar-refractivity contribution >= 4 is 29.9 Å². The van der Waals surface area contributed by atoms with Crippen LogP contribution >= 0.6 is 24.0 Å². The van der Waals surface area contributed by atoms with Gasteiger partial charge in [0.25, 0.3) is 0 Å². The van der Waals surface area contributed by atoms with Crippen molar-refractivity contribution in [2.24, 2.45) is 4.99 Å². The van der Waals surface area contributed by atoms with E-state index in [1.165, 1.54) is 0 Å². The van der Waals surface area contributed by atoms with Crippen molar-refractivity contribution in [2.75, 3.05) is 26.8 Å². The number of halogens is 1. The first-order chi connectivity index (χ1) is 11.8. The Hall–Kier alpha value is -1.28. The van der Waals surface area contributed by atoms with E-state index in [9.17, 15) is 0 Å². The van der Waals surface area contributed by atoms with Gasteiger partial charge in [-0.05, 0) is 43.9 Å². The summed E-state index contributed by atoms with van der Waals surface area (Å²) in [4.78, 5) is 4.61. The number of methoxy groups -OCH3 is 1. The van der Waals surface area contributed by atoms with E-state index in [4.69, 9.17) is 9.47 Å². The molecule has 5 nitrogen and oxygen atoms in total. The third-order valence-corrected chi connectivity index (χ3v) is 3.84. The average Bonchev–Trinajstić information content (AvgIpc) is 3.11. The van der Waals surface area contributed by atoms with E-state index in [-0.39, 0.29) is 24.0 Å². The Morgan fingerprint density at radius 1 is 1.20 bits per heavy atom. The maximum Gasteiger partial charge on any atom is 0.191 e. The molecule has 0 spiro atoms. The molecule has 0 aliphatic heterocycles. The van der Waals surface area contributed by atoms with E-state index in [2.05, 4.69) is 34.7 Å². The molecular formula is C19H30IN3O2. The van der Waals surface area contributed by atoms with Crippen LogP contribution in [0.4, 0.5) is 0 Å². The number of ether oxygens (including phenoxy) is 2. The van der Waals surface area contributed by atoms with Crippen LogP contribution < -0.4 is 15.4 Å². The molecule has 1 aromatic carbocycles. The smallest absolute Gasteiger partial charge is 0.191 e. The molecular weight excluding hydrogens is 429 g/mol. The molecule has 0 fully saturated rings. The molecule has 1 aliphatic carbocycles. The van der Waals surface area contributed by atoms with Crippen LogP contribution in [0.15, 0.2) is 41.4 Å². The predicted octanol–water partition coefficient (Wildman–Crippen LogP) is 3.49. The number of benzene rings is 1. The summed E-state index contributed by atoms with van der Waals surface area (Å²) in [6.07, 6.45) is 7.50. The second-order valence-electron chi connectivity index (χ2n) is 5.80. The normalized spacial score (nSPS) is 14.2. The molecule has 2 N–H and O–H groups in total. The van der Waals surface area contributed by atoms with Crippen molar-refractivity contribution in [1.29, 1.82) is 0 Å². The van der Waals surface area contributed by atoms with Gasteiger partial charge in [-0.15, -0.1) is 24.0 Å². The van der Waals surface area contributed by atoms with E-state index in [0.717, 1.165) is 49.6 Å². The highest BCUT2D eigenvalue weighted by atomic mass is 127. The van der Waals surface area contributed by atoms with Gasteiger partial charge in [-0.3, -0.25) is 4.99 Å². The zero-order chi connectivity index (χ0) is 17.0. The molecule has 0 amide bonds. The molecule has 0 radical (unpaired) electrons. The summed E-state index contributed by atoms with van der Waals surface area (Å²) in [5.41, 5.74) is 1.16. The Balaban J connectivity index is 0.00000312. The molecule has 140 valence electrons. The quantitative estimate of drug-likeness (QED) is 0.195. The second-order valence-corrected chi connectivity index (χ2v) is 5.80. The molecule has 0 aromatic heterocycles. The number of rotatable bonds is 9. The zero-order valence-electron chi connectivity index (χ0n) is 15.2. The van der Waals surface area contributed by atoms with Gasteiger partial charge in [0.1, 0.15) is 5.75 Å². The monoisotopic (exact) mass is 459 g/mol. The lowest BCUT2D eigenvalue weighted by molar-refractivity contribution is 0.120. The van der Waals surface area contributed by atoms with Crippen LogP contribution in [0.1, 0.15) is 31.7 Å². The van der Waals surface area contributed by atoms with Crippen molar-refractivity contribution in [3.63, 3.8) is 0 Å². The van der Waals surface area contributed by atoms with Crippen LogP contribution in [0.2, 0.25) is 0 Å². The van der Waals surface area contributed by atoms with Gasteiger partial charge in [0.2, 0.25) is 0 Å². The van der Waals surface area contributed by atoms with E-state index in [1.54, 1.807) is 7.11 Å². The fraction of sp³-hybridized carbons (Fsp3) is 0.526. The molecule has 1 aliphatic rings. The number of hydrogen-bond donors (Lipinski definition) is 2. The van der Waals surface area contributed by atoms with Crippen LogP contribution in [0.3, 0.4) is 0 Å². The standard InChI is InChI=1S/C19H29N3O2.HI/c1-3-20-19(22-17-7-4-5-8-17)21-13-6-14-24-15-16-9-11-18(23-2)12-10-16;/h4-5,9-12,17H,3,6-8,13-15H2,1-2H3,(H2,20,21,22);1H. The summed E-state index contributed by atoms with van der Waals surface area (Å²) in [7, 11) is 1.67. The molecule has 0 atom stereocenters. The van der Waals surface area contributed by atoms with Crippen LogP contribution in [0, 0.1) is 0 Å². The minimum absolute atomic E-state index is 0. The van der Waals surface area contributed by atoms with Crippen molar-refractivity contribution in [2.45, 2.75) is 38.8 Å². The summed E-state index contributed by atoms with van der Waals surface area (Å²) in [5.74, 6) is 1.77. The van der Waals surface area contributed by atoms with Crippen LogP contribution in [-0.4, -0.2) is 38.8 Å². The molecule has 0 heterocycles. The Bertz CT molecular complexity index is 524. The van der Waals surface area contributed by atoms with Crippen LogP contribution in [0.25, 0.3) is 0 Å². The highest BCUT2D eigenvalue weighted by molar-refractivity contribution is 14.0. The molecule has 0 bridgehead atoms. The van der Waals surface area contributed by atoms with Gasteiger partial charge in [0, 0.05) is 25.7 Å². The average molecular weight is 459 g/mol. The summed E-state index contributed by atoms with van der Waals surface area (Å²) in [6.45, 7) is 5.06. The summed E-state index contributed by atoms with van der Waals surface area (Å²) in [5, 5.41) is 6.76. The van der Waals surface area contributed by atoms with Crippen molar-refractivity contribution < 1.29 is 9.47 Å². The predicted molar refractivity (Wildman–Crippen MR) is 114 cm³/mol. The van der Waals surface area contributed by atoms with Gasteiger partial charge in [-0.2, -0.15) is 0 Å². The fourth-order valence-electron chi connectivity index (χ4n) is 2.52. The number of nitrogens with zero attached hydrogens (tertiary/aromatic N) is 1. The van der Waals surface area contributed by atoms with Gasteiger partial charge >= 0.3 is 0 Å². The van der Waals surface area contributed by atoms with Crippen molar-refractivity contribution in [1.82, 2.24) is 10.6 Å². The summed E-state index contributed by atoms with van der Waals surface area (Å²) < 4.78 is 10.9. The maximum atomic E-state index is 5.71. The largest absolute Gasteiger partial charge is 0.497 e. The number of aliphatic imine (C=N–C) groups is 1. The van der Waals surface area contributed by atoms with Crippen LogP contribution in [0.5, 0.6) is 5.75 Å². The van der Waals surface area contributed by atoms with Gasteiger partial charge < -0.3 is 20.1 Å². The molecule has 0 saturated heterocycles. The minimum atomic E-state index is 0. The fourth-order valence-corrected chi connectivity index (χ4v) is 2.52. The lowest BCUT2D eigenvalue weighted by atomic mass is 10.2. The lowest BCUT2D eigenvalue weighted by Gasteiger charge is -2.16. The third kappa shape index (κ3) is 8.58. The van der Waals surface area contributed by atoms with E-state index >= 15 is 0 Å². The first-order valence-corrected chi connectivity index (χ1v) is 8.72. The molecule has 1 aromatic rings. The Morgan fingerprint density at radius 3 is 2.56 bits per heavy atom. The molecule has 0 unspecified atom stereocenters. The van der Waals surface area contributed by atoms with Gasteiger partial charge in [0.05, 0.1) is 13.7 Å². The summed E-state index contributed by atoms with van der Waals surface area (Å²) in [6, 6.07) is 8.44. The number of guanidine groups is 1. The van der Waals surface area contributed by atoms with E-state index in [0.29, 0.717) is 19.3 Å². The van der Waals surface area contributed by atoms with E-state index in [1.807, 2.05) is 24.3 Å². The zero-order valence-corrected chi connectivity index (χ0v) is 17.5. The first-order valence-electron chi connectivity index (χ1n) is 8.72. The minimum Gasteiger partial charge on any atom is -0.497 e. The Labute approximate surface area is 168 Å². The van der Waals surface area contributed by atoms with Gasteiger partial charge in [-0.1, -0.05) is 24.3 Å². The van der Waals surface area contributed by atoms with Crippen molar-refractivity contribution in [3.05, 3.63) is 42.0 Å². The topological polar surface area (TPSA) is 54.9 Å². The highest BCUT2D eigenvalue weighted by Gasteiger charge is 2.11. The number of hydrogen-bond acceptors (Lipinski definition) is 3. The highest BCUT2D eigenvalue weighted by Crippen LogP contribution is 2.12. The third-order valence-electron chi connectivity index (χ3n) is 3.84. The Kier molecular flexibility index (Phi) is 11.3. The second kappa shape index (κ2) is 13.0. The van der Waals surface area contributed by atoms with E-state index < -0.39 is 0 Å². The number of nitrogens with one attached hydrogen (secondary N) is 2. The molecule has 0 saturated carbocycles. The molecule has 25 heavy (non-hydrogen) atoms. The maximum absolute atomic E-state index is 5.71. The van der Waals surface area contributed by atoms with Gasteiger partial charge in [-0.25, -0.2) is 0 Å². The van der Waals surface area contributed by atoms with Gasteiger partial charge in [0.15, 0.2) is 5.96 Å². The molecule has 2 rings (SSSR count). The Morgan fingerprint density at radius 2 is 1.92 bits per heavy atom. The first kappa shape index (κ1) is 21.8. The SMILES string of the molecule is CCNC(=NCCCOCc1ccc(OC)cc1)NC1CC=CC1.I. The van der Waals surface area contributed by atoms with Crippen molar-refractivity contribution in [3.8, 4) is 5.75 Å². The summed E-state index contributed by atoms with van der Waals surface area (Å²) >= 11 is 0.